The van der Waals surface area contributed by atoms with E-state index in [1.165, 1.54) is 0 Å². The van der Waals surface area contributed by atoms with Crippen molar-refractivity contribution in [2.45, 2.75) is 65.1 Å². The normalized spacial score (nSPS) is 17.0. The van der Waals surface area contributed by atoms with Crippen molar-refractivity contribution in [1.29, 1.82) is 0 Å². The van der Waals surface area contributed by atoms with Crippen LogP contribution in [0.25, 0.3) is 0 Å². The van der Waals surface area contributed by atoms with E-state index in [9.17, 15) is 9.59 Å². The van der Waals surface area contributed by atoms with Gasteiger partial charge in [0, 0.05) is 25.2 Å². The lowest BCUT2D eigenvalue weighted by Crippen LogP contribution is -2.52. The molecule has 1 aliphatic rings. The summed E-state index contributed by atoms with van der Waals surface area (Å²) >= 11 is 0. The zero-order valence-electron chi connectivity index (χ0n) is 17.0. The van der Waals surface area contributed by atoms with Crippen LogP contribution in [0.2, 0.25) is 0 Å². The summed E-state index contributed by atoms with van der Waals surface area (Å²) in [5.74, 6) is 0.627. The van der Waals surface area contributed by atoms with Crippen LogP contribution < -0.4 is 5.32 Å². The molecule has 0 spiro atoms. The highest BCUT2D eigenvalue weighted by Crippen LogP contribution is 2.16. The third-order valence-electron chi connectivity index (χ3n) is 4.32. The van der Waals surface area contributed by atoms with Gasteiger partial charge in [0.25, 0.3) is 0 Å². The Hall–Kier alpha value is -2.02. The van der Waals surface area contributed by atoms with Crippen molar-refractivity contribution in [1.82, 2.24) is 15.1 Å². The first-order valence-corrected chi connectivity index (χ1v) is 9.77. The van der Waals surface area contributed by atoms with Crippen LogP contribution in [0.15, 0.2) is 22.8 Å². The van der Waals surface area contributed by atoms with Crippen molar-refractivity contribution in [2.75, 3.05) is 26.2 Å². The van der Waals surface area contributed by atoms with Gasteiger partial charge in [-0.25, -0.2) is 4.79 Å². The van der Waals surface area contributed by atoms with Gasteiger partial charge in [-0.15, -0.1) is 0 Å². The molecule has 1 aliphatic heterocycles. The molecule has 0 unspecified atom stereocenters. The van der Waals surface area contributed by atoms with Crippen LogP contribution in [0.1, 0.15) is 52.7 Å². The molecular formula is C20H33N3O4. The Balaban J connectivity index is 2.04. The van der Waals surface area contributed by atoms with Crippen LogP contribution in [0.5, 0.6) is 0 Å². The Morgan fingerprint density at radius 2 is 2.07 bits per heavy atom. The van der Waals surface area contributed by atoms with Crippen LogP contribution in [0.4, 0.5) is 4.79 Å². The fourth-order valence-corrected chi connectivity index (χ4v) is 3.06. The third-order valence-corrected chi connectivity index (χ3v) is 4.32. The largest absolute Gasteiger partial charge is 0.467 e. The van der Waals surface area contributed by atoms with Gasteiger partial charge >= 0.3 is 6.03 Å². The van der Waals surface area contributed by atoms with E-state index in [-0.39, 0.29) is 30.1 Å². The van der Waals surface area contributed by atoms with Crippen LogP contribution in [0, 0.1) is 0 Å². The zero-order chi connectivity index (χ0) is 19.9. The number of rotatable bonds is 8. The minimum atomic E-state index is -0.350. The number of nitrogens with one attached hydrogen (secondary N) is 1. The molecule has 1 fully saturated rings. The van der Waals surface area contributed by atoms with E-state index < -0.39 is 0 Å². The Labute approximate surface area is 162 Å². The van der Waals surface area contributed by atoms with Crippen molar-refractivity contribution < 1.29 is 18.7 Å². The van der Waals surface area contributed by atoms with Gasteiger partial charge in [-0.3, -0.25) is 4.79 Å². The highest BCUT2D eigenvalue weighted by molar-refractivity contribution is 5.84. The van der Waals surface area contributed by atoms with Gasteiger partial charge in [0.2, 0.25) is 5.91 Å². The van der Waals surface area contributed by atoms with Gasteiger partial charge in [0.15, 0.2) is 0 Å². The van der Waals surface area contributed by atoms with E-state index in [4.69, 9.17) is 9.15 Å². The van der Waals surface area contributed by atoms with Gasteiger partial charge in [0.05, 0.1) is 18.9 Å². The van der Waals surface area contributed by atoms with E-state index >= 15 is 0 Å². The Morgan fingerprint density at radius 3 is 2.63 bits per heavy atom. The standard InChI is InChI=1S/C20H33N3O4/c1-5-10-22(19(25)21-20(2,3)4)15-18(24)23(13-16-8-6-11-26-16)14-17-9-7-12-27-17/h6,8,11,17H,5,7,9-10,12-15H2,1-4H3,(H,21,25)/t17-/m1/s1. The molecule has 7 nitrogen and oxygen atoms in total. The molecule has 0 aromatic carbocycles. The molecule has 27 heavy (non-hydrogen) atoms. The quantitative estimate of drug-likeness (QED) is 0.753. The zero-order valence-corrected chi connectivity index (χ0v) is 17.0. The second-order valence-corrected chi connectivity index (χ2v) is 8.09. The van der Waals surface area contributed by atoms with Gasteiger partial charge in [0.1, 0.15) is 12.3 Å². The molecule has 0 radical (unpaired) electrons. The summed E-state index contributed by atoms with van der Waals surface area (Å²) in [4.78, 5) is 28.9. The molecule has 1 saturated heterocycles. The maximum Gasteiger partial charge on any atom is 0.318 e. The summed E-state index contributed by atoms with van der Waals surface area (Å²) in [6.45, 7) is 9.99. The first kappa shape index (κ1) is 21.3. The Morgan fingerprint density at radius 1 is 1.30 bits per heavy atom. The summed E-state index contributed by atoms with van der Waals surface area (Å²) < 4.78 is 11.1. The van der Waals surface area contributed by atoms with Gasteiger partial charge in [-0.2, -0.15) is 0 Å². The first-order chi connectivity index (χ1) is 12.8. The number of nitrogens with zero attached hydrogens (tertiary/aromatic N) is 2. The Kier molecular flexibility index (Phi) is 7.71. The van der Waals surface area contributed by atoms with Crippen molar-refractivity contribution in [3.63, 3.8) is 0 Å². The second-order valence-electron chi connectivity index (χ2n) is 8.09. The Bertz CT molecular complexity index is 589. The van der Waals surface area contributed by atoms with Gasteiger partial charge in [-0.1, -0.05) is 6.92 Å². The lowest BCUT2D eigenvalue weighted by atomic mass is 10.1. The predicted molar refractivity (Wildman–Crippen MR) is 103 cm³/mol. The van der Waals surface area contributed by atoms with Crippen LogP contribution in [-0.2, 0) is 16.1 Å². The number of amides is 3. The number of carbonyl (C=O) groups is 2. The number of furan rings is 1. The van der Waals surface area contributed by atoms with E-state index in [1.807, 2.05) is 39.8 Å². The summed E-state index contributed by atoms with van der Waals surface area (Å²) in [7, 11) is 0. The van der Waals surface area contributed by atoms with Crippen molar-refractivity contribution in [2.24, 2.45) is 0 Å². The molecule has 2 heterocycles. The molecule has 7 heteroatoms. The average molecular weight is 380 g/mol. The number of hydrogen-bond acceptors (Lipinski definition) is 4. The maximum atomic E-state index is 13.0. The number of ether oxygens (including phenoxy) is 1. The minimum Gasteiger partial charge on any atom is -0.467 e. The fraction of sp³-hybridized carbons (Fsp3) is 0.700. The minimum absolute atomic E-state index is 0.0448. The number of carbonyl (C=O) groups excluding carboxylic acids is 2. The topological polar surface area (TPSA) is 75.0 Å². The SMILES string of the molecule is CCCN(CC(=O)N(Cc1ccco1)C[C@H]1CCCO1)C(=O)NC(C)(C)C. The first-order valence-electron chi connectivity index (χ1n) is 9.77. The van der Waals surface area contributed by atoms with E-state index in [0.29, 0.717) is 19.6 Å². The summed E-state index contributed by atoms with van der Waals surface area (Å²) in [6, 6.07) is 3.45. The number of hydrogen-bond donors (Lipinski definition) is 1. The molecule has 0 bridgehead atoms. The highest BCUT2D eigenvalue weighted by Gasteiger charge is 2.27. The molecule has 3 amide bonds. The lowest BCUT2D eigenvalue weighted by Gasteiger charge is -2.31. The summed E-state index contributed by atoms with van der Waals surface area (Å²) in [5, 5.41) is 2.94. The molecule has 2 rings (SSSR count). The van der Waals surface area contributed by atoms with E-state index in [1.54, 1.807) is 16.1 Å². The summed E-state index contributed by atoms with van der Waals surface area (Å²) in [5.41, 5.74) is -0.350. The van der Waals surface area contributed by atoms with Gasteiger partial charge < -0.3 is 24.3 Å². The number of urea groups is 1. The van der Waals surface area contributed by atoms with Crippen molar-refractivity contribution in [3.05, 3.63) is 24.2 Å². The van der Waals surface area contributed by atoms with E-state index in [2.05, 4.69) is 5.32 Å². The summed E-state index contributed by atoms with van der Waals surface area (Å²) in [6.07, 6.45) is 4.40. The molecule has 152 valence electrons. The molecule has 0 aliphatic carbocycles. The highest BCUT2D eigenvalue weighted by atomic mass is 16.5. The van der Waals surface area contributed by atoms with Gasteiger partial charge in [-0.05, 0) is 52.2 Å². The maximum absolute atomic E-state index is 13.0. The van der Waals surface area contributed by atoms with Crippen LogP contribution >= 0.6 is 0 Å². The van der Waals surface area contributed by atoms with Crippen molar-refractivity contribution >= 4 is 11.9 Å². The monoisotopic (exact) mass is 379 g/mol. The third kappa shape index (κ3) is 7.25. The van der Waals surface area contributed by atoms with E-state index in [0.717, 1.165) is 31.6 Å². The van der Waals surface area contributed by atoms with Crippen molar-refractivity contribution in [3.8, 4) is 0 Å². The molecule has 1 aromatic heterocycles. The average Bonchev–Trinajstić information content (AvgIpc) is 3.26. The molecular weight excluding hydrogens is 346 g/mol. The molecule has 0 saturated carbocycles. The lowest BCUT2D eigenvalue weighted by molar-refractivity contribution is -0.134. The second kappa shape index (κ2) is 9.78. The molecule has 1 atom stereocenters. The predicted octanol–water partition coefficient (Wildman–Crippen LogP) is 3.01. The molecule has 1 N–H and O–H groups in total. The van der Waals surface area contributed by atoms with Crippen LogP contribution in [-0.4, -0.2) is 59.6 Å². The smallest absolute Gasteiger partial charge is 0.318 e. The fourth-order valence-electron chi connectivity index (χ4n) is 3.06. The van der Waals surface area contributed by atoms with Crippen LogP contribution in [0.3, 0.4) is 0 Å². The molecule has 1 aromatic rings.